The Morgan fingerprint density at radius 1 is 1.08 bits per heavy atom. The first-order chi connectivity index (χ1) is 11.7. The van der Waals surface area contributed by atoms with E-state index in [9.17, 15) is 4.79 Å². The Kier molecular flexibility index (Phi) is 7.30. The van der Waals surface area contributed by atoms with Crippen LogP contribution in [0.5, 0.6) is 5.75 Å². The van der Waals surface area contributed by atoms with Crippen molar-refractivity contribution >= 4 is 11.6 Å². The van der Waals surface area contributed by atoms with E-state index in [-0.39, 0.29) is 5.91 Å². The molecule has 2 rings (SSSR count). The Balaban J connectivity index is 1.91. The maximum absolute atomic E-state index is 12.3. The third kappa shape index (κ3) is 5.70. The largest absolute Gasteiger partial charge is 0.494 e. The molecule has 4 nitrogen and oxygen atoms in total. The van der Waals surface area contributed by atoms with Gasteiger partial charge in [-0.3, -0.25) is 4.79 Å². The summed E-state index contributed by atoms with van der Waals surface area (Å²) in [6, 6.07) is 14.9. The van der Waals surface area contributed by atoms with Gasteiger partial charge in [0.15, 0.2) is 0 Å². The lowest BCUT2D eigenvalue weighted by atomic mass is 10.1. The minimum Gasteiger partial charge on any atom is -0.494 e. The molecular formula is C20H25NO3. The number of nitrogens with one attached hydrogen (secondary N) is 1. The number of rotatable bonds is 9. The van der Waals surface area contributed by atoms with Crippen LogP contribution in [0.4, 0.5) is 5.69 Å². The van der Waals surface area contributed by atoms with Gasteiger partial charge in [-0.15, -0.1) is 0 Å². The molecule has 0 bridgehead atoms. The van der Waals surface area contributed by atoms with Gasteiger partial charge >= 0.3 is 0 Å². The van der Waals surface area contributed by atoms with Gasteiger partial charge in [0.05, 0.1) is 13.2 Å². The lowest BCUT2D eigenvalue weighted by molar-refractivity contribution is 0.102. The van der Waals surface area contributed by atoms with Gasteiger partial charge in [-0.2, -0.15) is 0 Å². The van der Waals surface area contributed by atoms with Crippen LogP contribution in [-0.4, -0.2) is 19.6 Å². The highest BCUT2D eigenvalue weighted by molar-refractivity contribution is 6.04. The van der Waals surface area contributed by atoms with Crippen molar-refractivity contribution in [2.45, 2.75) is 32.8 Å². The lowest BCUT2D eigenvalue weighted by Crippen LogP contribution is -2.12. The second-order valence-electron chi connectivity index (χ2n) is 5.67. The molecule has 0 spiro atoms. The van der Waals surface area contributed by atoms with E-state index >= 15 is 0 Å². The van der Waals surface area contributed by atoms with E-state index in [4.69, 9.17) is 9.47 Å². The predicted molar refractivity (Wildman–Crippen MR) is 96.6 cm³/mol. The first kappa shape index (κ1) is 18.0. The molecule has 4 heteroatoms. The summed E-state index contributed by atoms with van der Waals surface area (Å²) in [5.74, 6) is 0.659. The number of carbonyl (C=O) groups is 1. The van der Waals surface area contributed by atoms with E-state index in [0.717, 1.165) is 23.4 Å². The van der Waals surface area contributed by atoms with Gasteiger partial charge in [-0.1, -0.05) is 31.9 Å². The molecule has 2 aromatic rings. The van der Waals surface area contributed by atoms with Crippen LogP contribution in [0, 0.1) is 0 Å². The van der Waals surface area contributed by atoms with Crippen LogP contribution in [0.15, 0.2) is 48.5 Å². The van der Waals surface area contributed by atoms with Gasteiger partial charge in [-0.25, -0.2) is 0 Å². The average molecular weight is 327 g/mol. The topological polar surface area (TPSA) is 47.6 Å². The molecule has 24 heavy (non-hydrogen) atoms. The molecule has 2 aromatic carbocycles. The second kappa shape index (κ2) is 9.73. The smallest absolute Gasteiger partial charge is 0.255 e. The van der Waals surface area contributed by atoms with E-state index in [2.05, 4.69) is 12.2 Å². The quantitative estimate of drug-likeness (QED) is 0.682. The van der Waals surface area contributed by atoms with Crippen LogP contribution in [0.25, 0.3) is 0 Å². The van der Waals surface area contributed by atoms with Gasteiger partial charge < -0.3 is 14.8 Å². The SMILES string of the molecule is CCCCCOc1ccc(C(=O)Nc2cccc(COC)c2)cc1. The van der Waals surface area contributed by atoms with Gasteiger partial charge in [0.1, 0.15) is 5.75 Å². The molecule has 0 aliphatic carbocycles. The van der Waals surface area contributed by atoms with Crippen molar-refractivity contribution in [3.8, 4) is 5.75 Å². The number of hydrogen-bond acceptors (Lipinski definition) is 3. The standard InChI is InChI=1S/C20H25NO3/c1-3-4-5-13-24-19-11-9-17(10-12-19)20(22)21-18-8-6-7-16(14-18)15-23-2/h6-12,14H,3-5,13,15H2,1-2H3,(H,21,22). The van der Waals surface area contributed by atoms with E-state index in [1.807, 2.05) is 36.4 Å². The molecule has 0 aliphatic rings. The molecule has 0 aliphatic heterocycles. The van der Waals surface area contributed by atoms with Crippen molar-refractivity contribution in [2.24, 2.45) is 0 Å². The molecule has 1 N–H and O–H groups in total. The number of hydrogen-bond donors (Lipinski definition) is 1. The van der Waals surface area contributed by atoms with Gasteiger partial charge in [-0.05, 0) is 48.4 Å². The fourth-order valence-corrected chi connectivity index (χ4v) is 2.35. The number of benzene rings is 2. The first-order valence-electron chi connectivity index (χ1n) is 8.35. The highest BCUT2D eigenvalue weighted by atomic mass is 16.5. The van der Waals surface area contributed by atoms with E-state index in [1.165, 1.54) is 12.8 Å². The summed E-state index contributed by atoms with van der Waals surface area (Å²) in [5.41, 5.74) is 2.38. The molecule has 1 amide bonds. The van der Waals surface area contributed by atoms with Gasteiger partial charge in [0.2, 0.25) is 0 Å². The Morgan fingerprint density at radius 3 is 2.58 bits per heavy atom. The van der Waals surface area contributed by atoms with E-state index < -0.39 is 0 Å². The van der Waals surface area contributed by atoms with Crippen molar-refractivity contribution < 1.29 is 14.3 Å². The molecule has 0 heterocycles. The summed E-state index contributed by atoms with van der Waals surface area (Å²) in [4.78, 5) is 12.3. The molecule has 0 radical (unpaired) electrons. The fourth-order valence-electron chi connectivity index (χ4n) is 2.35. The minimum absolute atomic E-state index is 0.137. The Bertz CT molecular complexity index is 638. The molecule has 0 saturated carbocycles. The number of ether oxygens (including phenoxy) is 2. The van der Waals surface area contributed by atoms with Crippen LogP contribution in [0.2, 0.25) is 0 Å². The number of unbranched alkanes of at least 4 members (excludes halogenated alkanes) is 2. The summed E-state index contributed by atoms with van der Waals surface area (Å²) in [6.45, 7) is 3.40. The fraction of sp³-hybridized carbons (Fsp3) is 0.350. The zero-order chi connectivity index (χ0) is 17.2. The summed E-state index contributed by atoms with van der Waals surface area (Å²) < 4.78 is 10.8. The number of carbonyl (C=O) groups excluding carboxylic acids is 1. The Labute approximate surface area is 143 Å². The predicted octanol–water partition coefficient (Wildman–Crippen LogP) is 4.65. The lowest BCUT2D eigenvalue weighted by Gasteiger charge is -2.09. The molecule has 0 unspecified atom stereocenters. The molecule has 0 fully saturated rings. The first-order valence-corrected chi connectivity index (χ1v) is 8.35. The van der Waals surface area contributed by atoms with Crippen molar-refractivity contribution in [3.05, 3.63) is 59.7 Å². The summed E-state index contributed by atoms with van der Waals surface area (Å²) >= 11 is 0. The van der Waals surface area contributed by atoms with Crippen LogP contribution in [0.1, 0.15) is 42.1 Å². The molecule has 0 aromatic heterocycles. The number of amides is 1. The van der Waals surface area contributed by atoms with E-state index in [1.54, 1.807) is 19.2 Å². The molecule has 0 atom stereocenters. The van der Waals surface area contributed by atoms with Crippen molar-refractivity contribution in [3.63, 3.8) is 0 Å². The summed E-state index contributed by atoms with van der Waals surface area (Å²) in [6.07, 6.45) is 3.40. The molecule has 128 valence electrons. The third-order valence-electron chi connectivity index (χ3n) is 3.63. The van der Waals surface area contributed by atoms with Crippen LogP contribution < -0.4 is 10.1 Å². The van der Waals surface area contributed by atoms with Crippen molar-refractivity contribution in [2.75, 3.05) is 19.0 Å². The zero-order valence-corrected chi connectivity index (χ0v) is 14.4. The summed E-state index contributed by atoms with van der Waals surface area (Å²) in [7, 11) is 1.65. The number of methoxy groups -OCH3 is 1. The summed E-state index contributed by atoms with van der Waals surface area (Å²) in [5, 5.41) is 2.90. The highest BCUT2D eigenvalue weighted by Gasteiger charge is 2.07. The monoisotopic (exact) mass is 327 g/mol. The van der Waals surface area contributed by atoms with Gasteiger partial charge in [0.25, 0.3) is 5.91 Å². The van der Waals surface area contributed by atoms with Crippen LogP contribution >= 0.6 is 0 Å². The molecular weight excluding hydrogens is 302 g/mol. The van der Waals surface area contributed by atoms with Crippen molar-refractivity contribution in [1.82, 2.24) is 0 Å². The third-order valence-corrected chi connectivity index (χ3v) is 3.63. The maximum Gasteiger partial charge on any atom is 0.255 e. The van der Waals surface area contributed by atoms with Gasteiger partial charge in [0, 0.05) is 18.4 Å². The maximum atomic E-state index is 12.3. The zero-order valence-electron chi connectivity index (χ0n) is 14.4. The highest BCUT2D eigenvalue weighted by Crippen LogP contribution is 2.16. The Morgan fingerprint density at radius 2 is 1.88 bits per heavy atom. The molecule has 0 saturated heterocycles. The van der Waals surface area contributed by atoms with E-state index in [0.29, 0.717) is 18.8 Å². The number of anilines is 1. The minimum atomic E-state index is -0.137. The second-order valence-corrected chi connectivity index (χ2v) is 5.67. The van der Waals surface area contributed by atoms with Crippen LogP contribution in [-0.2, 0) is 11.3 Å². The normalized spacial score (nSPS) is 10.4. The van der Waals surface area contributed by atoms with Crippen molar-refractivity contribution in [1.29, 1.82) is 0 Å². The Hall–Kier alpha value is -2.33. The average Bonchev–Trinajstić information content (AvgIpc) is 2.60. The van der Waals surface area contributed by atoms with Crippen LogP contribution in [0.3, 0.4) is 0 Å².